The molecule has 0 amide bonds. The third kappa shape index (κ3) is 2.77. The Bertz CT molecular complexity index is 915. The third-order valence-electron chi connectivity index (χ3n) is 3.48. The molecular formula is C16H11F3N2O2. The number of nitrogens with zero attached hydrogens (tertiary/aromatic N) is 1. The first-order valence-corrected chi connectivity index (χ1v) is 6.64. The zero-order valence-corrected chi connectivity index (χ0v) is 11.9. The maximum absolute atomic E-state index is 12.6. The van der Waals surface area contributed by atoms with Crippen LogP contribution in [-0.4, -0.2) is 17.3 Å². The minimum absolute atomic E-state index is 0.356. The first-order valence-electron chi connectivity index (χ1n) is 6.64. The molecule has 3 rings (SSSR count). The second-order valence-electron chi connectivity index (χ2n) is 4.89. The summed E-state index contributed by atoms with van der Waals surface area (Å²) in [4.78, 5) is 11.9. The highest BCUT2D eigenvalue weighted by molar-refractivity contribution is 5.94. The third-order valence-corrected chi connectivity index (χ3v) is 3.48. The van der Waals surface area contributed by atoms with Gasteiger partial charge in [0.1, 0.15) is 5.75 Å². The van der Waals surface area contributed by atoms with Gasteiger partial charge in [-0.3, -0.25) is 4.79 Å². The number of ether oxygens (including phenoxy) is 1. The molecule has 0 aliphatic rings. The van der Waals surface area contributed by atoms with Crippen molar-refractivity contribution < 1.29 is 17.9 Å². The molecule has 0 fully saturated rings. The van der Waals surface area contributed by atoms with Crippen LogP contribution < -0.4 is 10.3 Å². The number of methoxy groups -OCH3 is 1. The van der Waals surface area contributed by atoms with Gasteiger partial charge >= 0.3 is 6.18 Å². The highest BCUT2D eigenvalue weighted by atomic mass is 19.4. The molecule has 118 valence electrons. The van der Waals surface area contributed by atoms with Crippen LogP contribution in [0, 0.1) is 0 Å². The molecule has 23 heavy (non-hydrogen) atoms. The number of hydrogen-bond donors (Lipinski definition) is 1. The van der Waals surface area contributed by atoms with Crippen molar-refractivity contribution in [3.63, 3.8) is 0 Å². The number of benzene rings is 2. The normalized spacial score (nSPS) is 11.7. The number of aromatic amines is 1. The van der Waals surface area contributed by atoms with Crippen LogP contribution in [0.5, 0.6) is 5.75 Å². The predicted octanol–water partition coefficient (Wildman–Crippen LogP) is 3.62. The van der Waals surface area contributed by atoms with E-state index in [1.165, 1.54) is 19.2 Å². The van der Waals surface area contributed by atoms with Crippen LogP contribution in [-0.2, 0) is 6.18 Å². The van der Waals surface area contributed by atoms with Crippen molar-refractivity contribution in [1.82, 2.24) is 10.2 Å². The summed E-state index contributed by atoms with van der Waals surface area (Å²) in [5.41, 5.74) is -0.258. The minimum atomic E-state index is -4.40. The van der Waals surface area contributed by atoms with Crippen molar-refractivity contribution >= 4 is 10.8 Å². The van der Waals surface area contributed by atoms with Crippen molar-refractivity contribution in [1.29, 1.82) is 0 Å². The summed E-state index contributed by atoms with van der Waals surface area (Å²) in [6.07, 6.45) is -4.40. The van der Waals surface area contributed by atoms with Crippen LogP contribution in [0.2, 0.25) is 0 Å². The molecule has 0 atom stereocenters. The quantitative estimate of drug-likeness (QED) is 0.784. The Hall–Kier alpha value is -2.83. The molecule has 0 aliphatic carbocycles. The lowest BCUT2D eigenvalue weighted by Crippen LogP contribution is -2.10. The van der Waals surface area contributed by atoms with E-state index in [0.717, 1.165) is 12.1 Å². The second-order valence-corrected chi connectivity index (χ2v) is 4.89. The van der Waals surface area contributed by atoms with Gasteiger partial charge in [0, 0.05) is 10.9 Å². The van der Waals surface area contributed by atoms with E-state index < -0.39 is 17.3 Å². The maximum atomic E-state index is 12.6. The van der Waals surface area contributed by atoms with E-state index in [9.17, 15) is 18.0 Å². The van der Waals surface area contributed by atoms with Gasteiger partial charge < -0.3 is 4.74 Å². The lowest BCUT2D eigenvalue weighted by Gasteiger charge is -2.09. The fourth-order valence-electron chi connectivity index (χ4n) is 2.31. The standard InChI is InChI=1S/C16H11F3N2O2/c1-23-11-6-7-12-13(8-11)15(22)21-20-14(12)9-2-4-10(5-3-9)16(17,18)19/h2-8H,1H3,(H,21,22). The molecule has 0 unspecified atom stereocenters. The largest absolute Gasteiger partial charge is 0.497 e. The fraction of sp³-hybridized carbons (Fsp3) is 0.125. The number of H-pyrrole nitrogens is 1. The Balaban J connectivity index is 2.17. The molecule has 0 saturated carbocycles. The van der Waals surface area contributed by atoms with Gasteiger partial charge in [0.2, 0.25) is 0 Å². The smallest absolute Gasteiger partial charge is 0.416 e. The van der Waals surface area contributed by atoms with Gasteiger partial charge in [0.05, 0.1) is 23.8 Å². The van der Waals surface area contributed by atoms with Crippen LogP contribution in [0.15, 0.2) is 47.3 Å². The van der Waals surface area contributed by atoms with E-state index in [4.69, 9.17) is 4.74 Å². The highest BCUT2D eigenvalue weighted by Crippen LogP contribution is 2.32. The van der Waals surface area contributed by atoms with E-state index in [1.807, 2.05) is 0 Å². The highest BCUT2D eigenvalue weighted by Gasteiger charge is 2.30. The van der Waals surface area contributed by atoms with Crippen LogP contribution in [0.3, 0.4) is 0 Å². The van der Waals surface area contributed by atoms with Gasteiger partial charge in [0.25, 0.3) is 5.56 Å². The van der Waals surface area contributed by atoms with Gasteiger partial charge in [-0.15, -0.1) is 0 Å². The maximum Gasteiger partial charge on any atom is 0.416 e. The first kappa shape index (κ1) is 15.1. The van der Waals surface area contributed by atoms with Crippen LogP contribution in [0.4, 0.5) is 13.2 Å². The minimum Gasteiger partial charge on any atom is -0.497 e. The van der Waals surface area contributed by atoms with Gasteiger partial charge in [-0.25, -0.2) is 5.10 Å². The molecule has 4 nitrogen and oxygen atoms in total. The number of halogens is 3. The van der Waals surface area contributed by atoms with Gasteiger partial charge in [-0.05, 0) is 30.3 Å². The molecule has 0 spiro atoms. The second kappa shape index (κ2) is 5.42. The zero-order chi connectivity index (χ0) is 16.6. The average Bonchev–Trinajstić information content (AvgIpc) is 2.54. The number of alkyl halides is 3. The topological polar surface area (TPSA) is 55.0 Å². The summed E-state index contributed by atoms with van der Waals surface area (Å²) in [7, 11) is 1.48. The zero-order valence-electron chi connectivity index (χ0n) is 11.9. The molecule has 0 bridgehead atoms. The number of aromatic nitrogens is 2. The molecule has 0 radical (unpaired) electrons. The van der Waals surface area contributed by atoms with E-state index >= 15 is 0 Å². The number of rotatable bonds is 2. The van der Waals surface area contributed by atoms with Crippen molar-refractivity contribution in [3.05, 3.63) is 58.4 Å². The Morgan fingerprint density at radius 2 is 1.74 bits per heavy atom. The lowest BCUT2D eigenvalue weighted by molar-refractivity contribution is -0.137. The SMILES string of the molecule is COc1ccc2c(-c3ccc(C(F)(F)F)cc3)n[nH]c(=O)c2c1. The van der Waals surface area contributed by atoms with Crippen molar-refractivity contribution in [2.24, 2.45) is 0 Å². The van der Waals surface area contributed by atoms with Crippen LogP contribution in [0.1, 0.15) is 5.56 Å². The lowest BCUT2D eigenvalue weighted by atomic mass is 10.0. The van der Waals surface area contributed by atoms with Gasteiger partial charge in [-0.1, -0.05) is 12.1 Å². The predicted molar refractivity (Wildman–Crippen MR) is 79.4 cm³/mol. The van der Waals surface area contributed by atoms with E-state index in [1.54, 1.807) is 18.2 Å². The summed E-state index contributed by atoms with van der Waals surface area (Å²) in [6, 6.07) is 9.50. The molecule has 0 saturated heterocycles. The molecular weight excluding hydrogens is 309 g/mol. The Morgan fingerprint density at radius 1 is 1.04 bits per heavy atom. The number of hydrogen-bond acceptors (Lipinski definition) is 3. The fourth-order valence-corrected chi connectivity index (χ4v) is 2.31. The summed E-state index contributed by atoms with van der Waals surface area (Å²) in [6.45, 7) is 0. The van der Waals surface area contributed by atoms with Crippen molar-refractivity contribution in [2.75, 3.05) is 7.11 Å². The number of fused-ring (bicyclic) bond motifs is 1. The molecule has 7 heteroatoms. The van der Waals surface area contributed by atoms with E-state index in [-0.39, 0.29) is 0 Å². The van der Waals surface area contributed by atoms with Gasteiger partial charge in [0.15, 0.2) is 0 Å². The van der Waals surface area contributed by atoms with Crippen LogP contribution in [0.25, 0.3) is 22.0 Å². The molecule has 3 aromatic rings. The molecule has 2 aromatic carbocycles. The summed E-state index contributed by atoms with van der Waals surface area (Å²) >= 11 is 0. The molecule has 1 heterocycles. The molecule has 1 N–H and O–H groups in total. The Labute approximate surface area is 128 Å². The van der Waals surface area contributed by atoms with Crippen molar-refractivity contribution in [3.8, 4) is 17.0 Å². The van der Waals surface area contributed by atoms with Gasteiger partial charge in [-0.2, -0.15) is 18.3 Å². The van der Waals surface area contributed by atoms with E-state index in [2.05, 4.69) is 10.2 Å². The Morgan fingerprint density at radius 3 is 2.35 bits per heavy atom. The molecule has 1 aromatic heterocycles. The van der Waals surface area contributed by atoms with Crippen molar-refractivity contribution in [2.45, 2.75) is 6.18 Å². The van der Waals surface area contributed by atoms with Crippen LogP contribution >= 0.6 is 0 Å². The first-order chi connectivity index (χ1) is 10.9. The summed E-state index contributed by atoms with van der Waals surface area (Å²) in [5, 5.41) is 7.21. The summed E-state index contributed by atoms with van der Waals surface area (Å²) < 4.78 is 43.0. The number of nitrogens with one attached hydrogen (secondary N) is 1. The van der Waals surface area contributed by atoms with E-state index in [0.29, 0.717) is 27.8 Å². The Kier molecular flexibility index (Phi) is 3.55. The monoisotopic (exact) mass is 320 g/mol. The molecule has 0 aliphatic heterocycles. The average molecular weight is 320 g/mol. The summed E-state index contributed by atoms with van der Waals surface area (Å²) in [5.74, 6) is 0.507.